The molecule has 0 aliphatic heterocycles. The van der Waals surface area contributed by atoms with E-state index < -0.39 is 6.10 Å². The van der Waals surface area contributed by atoms with Gasteiger partial charge in [0.25, 0.3) is 5.91 Å². The summed E-state index contributed by atoms with van der Waals surface area (Å²) in [7, 11) is 3.95. The second kappa shape index (κ2) is 7.29. The van der Waals surface area contributed by atoms with Crippen LogP contribution in [-0.2, 0) is 4.79 Å². The highest BCUT2D eigenvalue weighted by Crippen LogP contribution is 2.24. The van der Waals surface area contributed by atoms with Crippen LogP contribution in [0.5, 0.6) is 5.75 Å². The van der Waals surface area contributed by atoms with E-state index in [4.69, 9.17) is 4.74 Å². The number of amides is 1. The lowest BCUT2D eigenvalue weighted by Gasteiger charge is -2.18. The van der Waals surface area contributed by atoms with E-state index in [9.17, 15) is 4.79 Å². The van der Waals surface area contributed by atoms with Gasteiger partial charge in [0.15, 0.2) is 6.10 Å². The van der Waals surface area contributed by atoms with Crippen molar-refractivity contribution >= 4 is 5.91 Å². The van der Waals surface area contributed by atoms with Gasteiger partial charge in [-0.2, -0.15) is 0 Å². The van der Waals surface area contributed by atoms with E-state index in [0.29, 0.717) is 6.54 Å². The predicted molar refractivity (Wildman–Crippen MR) is 82.3 cm³/mol. The lowest BCUT2D eigenvalue weighted by atomic mass is 10.1. The molecule has 0 bridgehead atoms. The Morgan fingerprint density at radius 2 is 1.95 bits per heavy atom. The third kappa shape index (κ3) is 4.85. The van der Waals surface area contributed by atoms with Crippen molar-refractivity contribution in [3.63, 3.8) is 0 Å². The molecular weight excluding hydrogens is 252 g/mol. The number of hydrogen-bond acceptors (Lipinski definition) is 3. The first-order valence-electron chi connectivity index (χ1n) is 6.98. The predicted octanol–water partition coefficient (Wildman–Crippen LogP) is 2.06. The smallest absolute Gasteiger partial charge is 0.260 e. The molecule has 1 aromatic carbocycles. The Balaban J connectivity index is 2.61. The van der Waals surface area contributed by atoms with Crippen LogP contribution < -0.4 is 10.1 Å². The van der Waals surface area contributed by atoms with Crippen molar-refractivity contribution in [3.8, 4) is 5.75 Å². The van der Waals surface area contributed by atoms with Crippen molar-refractivity contribution < 1.29 is 9.53 Å². The highest BCUT2D eigenvalue weighted by atomic mass is 16.5. The Hall–Kier alpha value is -1.55. The molecule has 0 aliphatic carbocycles. The van der Waals surface area contributed by atoms with Gasteiger partial charge in [-0.1, -0.05) is 6.07 Å². The SMILES string of the molecule is Cc1cc(C)c(C)c(OC(C)C(=O)NCCN(C)C)c1. The van der Waals surface area contributed by atoms with Gasteiger partial charge in [-0.3, -0.25) is 4.79 Å². The Morgan fingerprint density at radius 3 is 2.55 bits per heavy atom. The standard InChI is InChI=1S/C16H26N2O2/c1-11-9-12(2)13(3)15(10-11)20-14(4)16(19)17-7-8-18(5)6/h9-10,14H,7-8H2,1-6H3,(H,17,19). The zero-order valence-corrected chi connectivity index (χ0v) is 13.4. The van der Waals surface area contributed by atoms with Gasteiger partial charge >= 0.3 is 0 Å². The molecule has 0 heterocycles. The Morgan fingerprint density at radius 1 is 1.30 bits per heavy atom. The van der Waals surface area contributed by atoms with Crippen molar-refractivity contribution in [1.29, 1.82) is 0 Å². The van der Waals surface area contributed by atoms with E-state index in [-0.39, 0.29) is 5.91 Å². The monoisotopic (exact) mass is 278 g/mol. The molecule has 1 rings (SSSR count). The maximum absolute atomic E-state index is 12.0. The summed E-state index contributed by atoms with van der Waals surface area (Å²) in [5, 5.41) is 2.88. The number of aryl methyl sites for hydroxylation is 2. The highest BCUT2D eigenvalue weighted by Gasteiger charge is 2.16. The number of rotatable bonds is 6. The first-order valence-corrected chi connectivity index (χ1v) is 6.98. The van der Waals surface area contributed by atoms with Crippen LogP contribution in [0.3, 0.4) is 0 Å². The van der Waals surface area contributed by atoms with E-state index in [1.54, 1.807) is 6.92 Å². The molecule has 1 aromatic rings. The molecule has 1 atom stereocenters. The first kappa shape index (κ1) is 16.5. The number of hydrogen-bond donors (Lipinski definition) is 1. The van der Waals surface area contributed by atoms with Gasteiger partial charge in [-0.15, -0.1) is 0 Å². The summed E-state index contributed by atoms with van der Waals surface area (Å²) in [6, 6.07) is 4.09. The number of nitrogens with zero attached hydrogens (tertiary/aromatic N) is 1. The summed E-state index contributed by atoms with van der Waals surface area (Å²) in [4.78, 5) is 14.0. The number of ether oxygens (including phenoxy) is 1. The molecule has 0 saturated carbocycles. The lowest BCUT2D eigenvalue weighted by molar-refractivity contribution is -0.127. The van der Waals surface area contributed by atoms with Crippen LogP contribution in [-0.4, -0.2) is 44.1 Å². The van der Waals surface area contributed by atoms with E-state index in [1.165, 1.54) is 5.56 Å². The van der Waals surface area contributed by atoms with Crippen molar-refractivity contribution in [2.24, 2.45) is 0 Å². The zero-order valence-electron chi connectivity index (χ0n) is 13.4. The number of benzene rings is 1. The second-order valence-electron chi connectivity index (χ2n) is 5.56. The minimum Gasteiger partial charge on any atom is -0.481 e. The fourth-order valence-electron chi connectivity index (χ4n) is 1.91. The quantitative estimate of drug-likeness (QED) is 0.866. The van der Waals surface area contributed by atoms with Crippen LogP contribution in [0, 0.1) is 20.8 Å². The average molecular weight is 278 g/mol. The molecule has 0 aliphatic rings. The fourth-order valence-corrected chi connectivity index (χ4v) is 1.91. The molecule has 0 radical (unpaired) electrons. The van der Waals surface area contributed by atoms with E-state index in [2.05, 4.69) is 18.3 Å². The largest absolute Gasteiger partial charge is 0.481 e. The maximum Gasteiger partial charge on any atom is 0.260 e. The number of carbonyl (C=O) groups is 1. The molecule has 0 aromatic heterocycles. The van der Waals surface area contributed by atoms with Crippen LogP contribution in [0.15, 0.2) is 12.1 Å². The van der Waals surface area contributed by atoms with Crippen molar-refractivity contribution in [3.05, 3.63) is 28.8 Å². The van der Waals surface area contributed by atoms with Gasteiger partial charge in [0, 0.05) is 13.1 Å². The average Bonchev–Trinajstić information content (AvgIpc) is 2.34. The molecule has 4 nitrogen and oxygen atoms in total. The van der Waals surface area contributed by atoms with Gasteiger partial charge in [0.1, 0.15) is 5.75 Å². The number of likely N-dealkylation sites (N-methyl/N-ethyl adjacent to an activating group) is 1. The second-order valence-corrected chi connectivity index (χ2v) is 5.56. The topological polar surface area (TPSA) is 41.6 Å². The molecule has 4 heteroatoms. The van der Waals surface area contributed by atoms with E-state index in [1.807, 2.05) is 38.9 Å². The van der Waals surface area contributed by atoms with Gasteiger partial charge in [-0.05, 0) is 64.5 Å². The van der Waals surface area contributed by atoms with E-state index in [0.717, 1.165) is 23.4 Å². The van der Waals surface area contributed by atoms with E-state index >= 15 is 0 Å². The number of carbonyl (C=O) groups excluding carboxylic acids is 1. The molecule has 0 saturated heterocycles. The molecule has 0 fully saturated rings. The lowest BCUT2D eigenvalue weighted by Crippen LogP contribution is -2.39. The van der Waals surface area contributed by atoms with Crippen LogP contribution in [0.1, 0.15) is 23.6 Å². The summed E-state index contributed by atoms with van der Waals surface area (Å²) in [6.07, 6.45) is -0.489. The Kier molecular flexibility index (Phi) is 6.02. The molecule has 1 unspecified atom stereocenters. The molecule has 1 N–H and O–H groups in total. The van der Waals surface area contributed by atoms with Crippen molar-refractivity contribution in [2.45, 2.75) is 33.8 Å². The minimum absolute atomic E-state index is 0.0783. The Labute approximate surface area is 122 Å². The summed E-state index contributed by atoms with van der Waals surface area (Å²) in [6.45, 7) is 9.33. The van der Waals surface area contributed by atoms with Gasteiger partial charge < -0.3 is 15.0 Å². The molecule has 20 heavy (non-hydrogen) atoms. The molecule has 0 spiro atoms. The summed E-state index contributed by atoms with van der Waals surface area (Å²) in [5.74, 6) is 0.711. The maximum atomic E-state index is 12.0. The fraction of sp³-hybridized carbons (Fsp3) is 0.562. The molecule has 112 valence electrons. The molecule has 1 amide bonds. The van der Waals surface area contributed by atoms with Crippen LogP contribution >= 0.6 is 0 Å². The normalized spacial score (nSPS) is 12.3. The highest BCUT2D eigenvalue weighted by molar-refractivity contribution is 5.80. The molecular formula is C16H26N2O2. The number of nitrogens with one attached hydrogen (secondary N) is 1. The van der Waals surface area contributed by atoms with Crippen molar-refractivity contribution in [2.75, 3.05) is 27.2 Å². The van der Waals surface area contributed by atoms with Crippen LogP contribution in [0.4, 0.5) is 0 Å². The van der Waals surface area contributed by atoms with Gasteiger partial charge in [0.05, 0.1) is 0 Å². The van der Waals surface area contributed by atoms with Gasteiger partial charge in [-0.25, -0.2) is 0 Å². The third-order valence-corrected chi connectivity index (χ3v) is 3.30. The van der Waals surface area contributed by atoms with Crippen molar-refractivity contribution in [1.82, 2.24) is 10.2 Å². The minimum atomic E-state index is -0.489. The Bertz CT molecular complexity index is 470. The summed E-state index contributed by atoms with van der Waals surface area (Å²) in [5.41, 5.74) is 3.41. The third-order valence-electron chi connectivity index (χ3n) is 3.30. The van der Waals surface area contributed by atoms with Crippen LogP contribution in [0.2, 0.25) is 0 Å². The summed E-state index contributed by atoms with van der Waals surface area (Å²) < 4.78 is 5.80. The summed E-state index contributed by atoms with van der Waals surface area (Å²) >= 11 is 0. The van der Waals surface area contributed by atoms with Crippen LogP contribution in [0.25, 0.3) is 0 Å². The first-order chi connectivity index (χ1) is 9.31. The van der Waals surface area contributed by atoms with Gasteiger partial charge in [0.2, 0.25) is 0 Å². The zero-order chi connectivity index (χ0) is 15.3.